The number of nitrogens with zero attached hydrogens (tertiary/aromatic N) is 5. The van der Waals surface area contributed by atoms with Gasteiger partial charge in [-0.15, -0.1) is 16.9 Å². The Hall–Kier alpha value is -3.51. The molecule has 4 heterocycles. The molecule has 35 heavy (non-hydrogen) atoms. The van der Waals surface area contributed by atoms with Gasteiger partial charge >= 0.3 is 6.18 Å². The van der Waals surface area contributed by atoms with Crippen LogP contribution in [0.1, 0.15) is 16.9 Å². The molecule has 0 spiro atoms. The van der Waals surface area contributed by atoms with Gasteiger partial charge in [0.15, 0.2) is 0 Å². The summed E-state index contributed by atoms with van der Waals surface area (Å²) in [6.45, 7) is -1.50. The summed E-state index contributed by atoms with van der Waals surface area (Å²) in [4.78, 5) is 23.4. The average Bonchev–Trinajstić information content (AvgIpc) is 3.42. The zero-order chi connectivity index (χ0) is 24.7. The zero-order valence-electron chi connectivity index (χ0n) is 18.5. The van der Waals surface area contributed by atoms with Crippen molar-refractivity contribution < 1.29 is 22.4 Å². The van der Waals surface area contributed by atoms with E-state index in [-0.39, 0.29) is 24.1 Å². The summed E-state index contributed by atoms with van der Waals surface area (Å²) in [6.07, 6.45) is 2.34. The molecule has 7 nitrogen and oxygen atoms in total. The first-order chi connectivity index (χ1) is 16.7. The summed E-state index contributed by atoms with van der Waals surface area (Å²) in [7, 11) is 1.73. The number of alkyl halides is 3. The van der Waals surface area contributed by atoms with Crippen molar-refractivity contribution in [2.45, 2.75) is 25.1 Å². The third kappa shape index (κ3) is 4.58. The topological polar surface area (TPSA) is 64.6 Å². The minimum Gasteiger partial charge on any atom is -0.301 e. The normalized spacial score (nSPS) is 18.5. The Kier molecular flexibility index (Phi) is 5.93. The average molecular weight is 505 g/mol. The lowest BCUT2D eigenvalue weighted by Crippen LogP contribution is -2.53. The van der Waals surface area contributed by atoms with Crippen LogP contribution in [0, 0.1) is 5.82 Å². The fraction of sp³-hybridized carbons (Fsp3) is 0.261. The van der Waals surface area contributed by atoms with Crippen molar-refractivity contribution in [2.24, 2.45) is 0 Å². The van der Waals surface area contributed by atoms with Gasteiger partial charge in [0.05, 0.1) is 16.3 Å². The van der Waals surface area contributed by atoms with E-state index in [1.807, 2.05) is 12.1 Å². The summed E-state index contributed by atoms with van der Waals surface area (Å²) >= 11 is 1.42. The molecule has 0 fully saturated rings. The molecule has 1 aromatic carbocycles. The maximum Gasteiger partial charge on any atom is 0.406 e. The number of pyridine rings is 1. The molecule has 182 valence electrons. The second-order valence-electron chi connectivity index (χ2n) is 8.18. The molecule has 3 aromatic rings. The lowest BCUT2D eigenvalue weighted by Gasteiger charge is -2.31. The molecule has 5 rings (SSSR count). The molecule has 2 aliphatic heterocycles. The maximum absolute atomic E-state index is 14.5. The van der Waals surface area contributed by atoms with Crippen LogP contribution in [0.2, 0.25) is 0 Å². The van der Waals surface area contributed by atoms with Gasteiger partial charge in [0.1, 0.15) is 23.4 Å². The number of hydrogen-bond donors (Lipinski definition) is 1. The van der Waals surface area contributed by atoms with Crippen LogP contribution in [0.25, 0.3) is 16.3 Å². The highest BCUT2D eigenvalue weighted by Gasteiger charge is 2.42. The molecular weight excluding hydrogens is 484 g/mol. The molecular formula is C23H20F4N6OS. The van der Waals surface area contributed by atoms with Crippen LogP contribution in [0.5, 0.6) is 0 Å². The van der Waals surface area contributed by atoms with E-state index >= 15 is 0 Å². The van der Waals surface area contributed by atoms with Crippen LogP contribution in [0.4, 0.5) is 23.2 Å². The number of hydrazine groups is 2. The van der Waals surface area contributed by atoms with E-state index in [1.165, 1.54) is 34.5 Å². The molecule has 0 saturated carbocycles. The quantitative estimate of drug-likeness (QED) is 0.537. The molecule has 12 heteroatoms. The molecule has 0 radical (unpaired) electrons. The summed E-state index contributed by atoms with van der Waals surface area (Å²) < 4.78 is 54.7. The molecule has 0 saturated heterocycles. The van der Waals surface area contributed by atoms with Crippen LogP contribution in [0.15, 0.2) is 55.1 Å². The summed E-state index contributed by atoms with van der Waals surface area (Å²) in [5.74, 6) is -1.39. The van der Waals surface area contributed by atoms with Gasteiger partial charge in [0.2, 0.25) is 0 Å². The number of thiazole rings is 1. The SMILES string of the molecule is CN1NN(C2CCc3c(F)cccc3N(CC(F)(F)F)C2=O)C=C1c1cnc(-c2cccnc2)s1. The van der Waals surface area contributed by atoms with Crippen molar-refractivity contribution >= 4 is 28.6 Å². The number of anilines is 1. The number of halogens is 4. The van der Waals surface area contributed by atoms with Crippen LogP contribution >= 0.6 is 11.3 Å². The van der Waals surface area contributed by atoms with Gasteiger partial charge in [-0.2, -0.15) is 13.2 Å². The van der Waals surface area contributed by atoms with Crippen LogP contribution in [-0.4, -0.2) is 51.7 Å². The lowest BCUT2D eigenvalue weighted by molar-refractivity contribution is -0.136. The molecule has 2 aromatic heterocycles. The highest BCUT2D eigenvalue weighted by atomic mass is 32.1. The molecule has 2 aliphatic rings. The van der Waals surface area contributed by atoms with Crippen LogP contribution in [-0.2, 0) is 11.2 Å². The van der Waals surface area contributed by atoms with E-state index in [0.29, 0.717) is 10.6 Å². The zero-order valence-corrected chi connectivity index (χ0v) is 19.3. The fourth-order valence-corrected chi connectivity index (χ4v) is 5.18. The summed E-state index contributed by atoms with van der Waals surface area (Å²) in [5, 5.41) is 3.91. The molecule has 1 N–H and O–H groups in total. The van der Waals surface area contributed by atoms with Gasteiger partial charge in [-0.05, 0) is 37.1 Å². The summed E-state index contributed by atoms with van der Waals surface area (Å²) in [5.41, 5.74) is 4.63. The van der Waals surface area contributed by atoms with Gasteiger partial charge in [-0.1, -0.05) is 6.07 Å². The fourth-order valence-electron chi connectivity index (χ4n) is 4.23. The Balaban J connectivity index is 1.45. The van der Waals surface area contributed by atoms with E-state index in [2.05, 4.69) is 15.5 Å². The minimum absolute atomic E-state index is 0.0462. The van der Waals surface area contributed by atoms with E-state index < -0.39 is 30.5 Å². The molecule has 0 aliphatic carbocycles. The van der Waals surface area contributed by atoms with Gasteiger partial charge in [-0.25, -0.2) is 9.37 Å². The van der Waals surface area contributed by atoms with E-state index in [9.17, 15) is 22.4 Å². The predicted molar refractivity (Wildman–Crippen MR) is 123 cm³/mol. The number of nitrogens with one attached hydrogen (secondary N) is 1. The molecule has 1 atom stereocenters. The smallest absolute Gasteiger partial charge is 0.301 e. The van der Waals surface area contributed by atoms with E-state index in [1.54, 1.807) is 36.8 Å². The largest absolute Gasteiger partial charge is 0.406 e. The second kappa shape index (κ2) is 8.93. The first kappa shape index (κ1) is 23.2. The Labute approximate surface area is 202 Å². The Bertz CT molecular complexity index is 1280. The number of fused-ring (bicyclic) bond motifs is 1. The first-order valence-electron chi connectivity index (χ1n) is 10.7. The van der Waals surface area contributed by atoms with E-state index in [4.69, 9.17) is 0 Å². The highest BCUT2D eigenvalue weighted by molar-refractivity contribution is 7.16. The van der Waals surface area contributed by atoms with Gasteiger partial charge in [-0.3, -0.25) is 19.8 Å². The Morgan fingerprint density at radius 1 is 1.20 bits per heavy atom. The predicted octanol–water partition coefficient (Wildman–Crippen LogP) is 4.22. The number of aromatic nitrogens is 2. The Morgan fingerprint density at radius 2 is 2.03 bits per heavy atom. The molecule has 0 bridgehead atoms. The highest BCUT2D eigenvalue weighted by Crippen LogP contribution is 2.36. The number of hydrogen-bond acceptors (Lipinski definition) is 7. The molecule has 1 amide bonds. The van der Waals surface area contributed by atoms with Gasteiger partial charge in [0.25, 0.3) is 5.91 Å². The van der Waals surface area contributed by atoms with E-state index in [0.717, 1.165) is 15.4 Å². The van der Waals surface area contributed by atoms with Crippen molar-refractivity contribution in [3.63, 3.8) is 0 Å². The third-order valence-corrected chi connectivity index (χ3v) is 6.90. The van der Waals surface area contributed by atoms with Crippen molar-refractivity contribution in [1.29, 1.82) is 0 Å². The van der Waals surface area contributed by atoms with Crippen molar-refractivity contribution in [2.75, 3.05) is 18.5 Å². The number of carbonyl (C=O) groups excluding carboxylic acids is 1. The number of amides is 1. The van der Waals surface area contributed by atoms with Gasteiger partial charge in [0, 0.05) is 43.0 Å². The second-order valence-corrected chi connectivity index (χ2v) is 9.21. The summed E-state index contributed by atoms with van der Waals surface area (Å²) in [6, 6.07) is 6.59. The van der Waals surface area contributed by atoms with Crippen LogP contribution in [0.3, 0.4) is 0 Å². The number of carbonyl (C=O) groups is 1. The Morgan fingerprint density at radius 3 is 2.77 bits per heavy atom. The van der Waals surface area contributed by atoms with Gasteiger partial charge < -0.3 is 4.90 Å². The molecule has 1 unspecified atom stereocenters. The third-order valence-electron chi connectivity index (χ3n) is 5.83. The van der Waals surface area contributed by atoms with Crippen LogP contribution < -0.4 is 10.4 Å². The lowest BCUT2D eigenvalue weighted by atomic mass is 10.1. The number of rotatable bonds is 4. The standard InChI is InChI=1S/C23H20F4N6OS/c1-31-19(20-11-29-21(35-20)14-4-3-9-28-10-14)12-33(30-31)18-8-7-15-16(24)5-2-6-17(15)32(22(18)34)13-23(25,26)27/h2-6,9-12,18,30H,7-8,13H2,1H3. The minimum atomic E-state index is -4.64. The van der Waals surface area contributed by atoms with Crippen molar-refractivity contribution in [1.82, 2.24) is 25.5 Å². The first-order valence-corrected chi connectivity index (χ1v) is 11.6. The number of benzene rings is 1. The van der Waals surface area contributed by atoms with Crippen molar-refractivity contribution in [3.05, 3.63) is 71.4 Å². The van der Waals surface area contributed by atoms with Crippen molar-refractivity contribution in [3.8, 4) is 10.6 Å². The monoisotopic (exact) mass is 504 g/mol. The maximum atomic E-state index is 14.5.